The molecule has 3 aromatic rings. The molecule has 1 aromatic heterocycles. The lowest BCUT2D eigenvalue weighted by atomic mass is 9.73. The van der Waals surface area contributed by atoms with Crippen LogP contribution in [0.2, 0.25) is 0 Å². The molecule has 0 saturated carbocycles. The van der Waals surface area contributed by atoms with E-state index in [1.165, 1.54) is 5.57 Å². The van der Waals surface area contributed by atoms with Crippen LogP contribution in [0.25, 0.3) is 10.9 Å². The Hall–Kier alpha value is -6.19. The molecule has 2 aromatic carbocycles. The number of benzene rings is 2. The maximum Gasteiger partial charge on any atom is 0.246 e. The number of hydrogen-bond acceptors (Lipinski definition) is 7. The van der Waals surface area contributed by atoms with Crippen LogP contribution in [0.15, 0.2) is 77.4 Å². The number of nitrogens with two attached hydrogens (primary N) is 3. The third-order valence-corrected chi connectivity index (χ3v) is 10.7. The van der Waals surface area contributed by atoms with Crippen LogP contribution in [0.3, 0.4) is 0 Å². The highest BCUT2D eigenvalue weighted by Gasteiger charge is 2.43. The van der Waals surface area contributed by atoms with Crippen LogP contribution in [-0.2, 0) is 41.6 Å². The Morgan fingerprint density at radius 2 is 1.50 bits per heavy atom. The van der Waals surface area contributed by atoms with E-state index in [0.717, 1.165) is 28.5 Å². The van der Waals surface area contributed by atoms with Crippen LogP contribution in [0.4, 0.5) is 0 Å². The van der Waals surface area contributed by atoms with Crippen molar-refractivity contribution in [3.05, 3.63) is 83.6 Å². The number of nitrogens with one attached hydrogen (secondary N) is 6. The molecule has 0 spiro atoms. The molecule has 4 atom stereocenters. The summed E-state index contributed by atoms with van der Waals surface area (Å²) in [5, 5.41) is 14.9. The predicted molar refractivity (Wildman–Crippen MR) is 232 cm³/mol. The molecule has 4 rings (SSSR count). The fraction of sp³-hybridized carbons (Fsp3) is 0.477. The van der Waals surface area contributed by atoms with Gasteiger partial charge >= 0.3 is 0 Å². The fourth-order valence-corrected chi connectivity index (χ4v) is 7.27. The van der Waals surface area contributed by atoms with Crippen molar-refractivity contribution in [2.45, 2.75) is 116 Å². The van der Waals surface area contributed by atoms with Crippen molar-refractivity contribution in [3.63, 3.8) is 0 Å². The fourth-order valence-electron chi connectivity index (χ4n) is 7.27. The minimum Gasteiger partial charge on any atom is -0.370 e. The van der Waals surface area contributed by atoms with Gasteiger partial charge in [0.1, 0.15) is 23.7 Å². The number of allylic oxidation sites excluding steroid dienone is 1. The van der Waals surface area contributed by atoms with E-state index in [1.807, 2.05) is 67.6 Å². The van der Waals surface area contributed by atoms with Crippen LogP contribution in [0, 0.1) is 5.41 Å². The number of H-pyrrole nitrogens is 1. The minimum atomic E-state index is -1.31. The van der Waals surface area contributed by atoms with E-state index in [1.54, 1.807) is 6.20 Å². The summed E-state index contributed by atoms with van der Waals surface area (Å²) in [5.74, 6) is -3.67. The zero-order chi connectivity index (χ0) is 43.9. The molecule has 6 amide bonds. The van der Waals surface area contributed by atoms with Crippen LogP contribution in [0.1, 0.15) is 90.2 Å². The zero-order valence-corrected chi connectivity index (χ0v) is 35.2. The van der Waals surface area contributed by atoms with Gasteiger partial charge in [-0.15, -0.1) is 0 Å². The average Bonchev–Trinajstić information content (AvgIpc) is 3.62. The summed E-state index contributed by atoms with van der Waals surface area (Å²) in [6, 6.07) is 13.0. The van der Waals surface area contributed by atoms with Gasteiger partial charge in [-0.3, -0.25) is 33.8 Å². The second-order valence-electron chi connectivity index (χ2n) is 16.5. The van der Waals surface area contributed by atoms with Crippen molar-refractivity contribution in [2.24, 2.45) is 27.6 Å². The second kappa shape index (κ2) is 21.7. The van der Waals surface area contributed by atoms with Crippen LogP contribution >= 0.6 is 0 Å². The van der Waals surface area contributed by atoms with Crippen molar-refractivity contribution in [2.75, 3.05) is 13.1 Å². The average molecular weight is 827 g/mol. The molecule has 324 valence electrons. The van der Waals surface area contributed by atoms with Gasteiger partial charge < -0.3 is 48.8 Å². The quantitative estimate of drug-likeness (QED) is 0.0332. The molecule has 0 radical (unpaired) electrons. The van der Waals surface area contributed by atoms with Crippen molar-refractivity contribution in [3.8, 4) is 0 Å². The number of hydrogen-bond donors (Lipinski definition) is 9. The van der Waals surface area contributed by atoms with E-state index in [-0.39, 0.29) is 62.4 Å². The van der Waals surface area contributed by atoms with Gasteiger partial charge in [-0.1, -0.05) is 94.3 Å². The Kier molecular flexibility index (Phi) is 16.8. The van der Waals surface area contributed by atoms with Crippen molar-refractivity contribution in [1.82, 2.24) is 31.6 Å². The van der Waals surface area contributed by atoms with Crippen molar-refractivity contribution >= 4 is 52.3 Å². The van der Waals surface area contributed by atoms with Gasteiger partial charge in [0.15, 0.2) is 5.96 Å². The van der Waals surface area contributed by atoms with E-state index in [0.29, 0.717) is 19.3 Å². The number of nitrogens with zero attached hydrogens (tertiary/aromatic N) is 1. The molecule has 0 bridgehead atoms. The van der Waals surface area contributed by atoms with E-state index in [4.69, 9.17) is 17.2 Å². The number of aromatic nitrogens is 1. The number of rotatable bonds is 21. The van der Waals surface area contributed by atoms with Crippen LogP contribution in [0.5, 0.6) is 0 Å². The van der Waals surface area contributed by atoms with Crippen molar-refractivity contribution in [1.29, 1.82) is 0 Å². The van der Waals surface area contributed by atoms with E-state index in [9.17, 15) is 28.8 Å². The Morgan fingerprint density at radius 1 is 0.833 bits per heavy atom. The topological polar surface area (TPSA) is 269 Å². The second-order valence-corrected chi connectivity index (χ2v) is 16.5. The van der Waals surface area contributed by atoms with E-state index < -0.39 is 59.7 Å². The monoisotopic (exact) mass is 826 g/mol. The lowest BCUT2D eigenvalue weighted by Gasteiger charge is -2.39. The Bertz CT molecular complexity index is 2030. The summed E-state index contributed by atoms with van der Waals surface area (Å²) in [5.41, 5.74) is 18.4. The van der Waals surface area contributed by atoms with E-state index >= 15 is 0 Å². The SMILES string of the molecule is CCCCC(=O)N[C@]1(C(=O)N[C@H](Cc2ccccc2)C(=O)N[C@@H](CCCN=C(N)N)C(=O)N[C@@H](Cc2c[nH]c3ccccc23)C(=O)NCC(N)=O)CC=C(C(C)(C)C)CC1. The van der Waals surface area contributed by atoms with E-state index in [2.05, 4.69) is 57.3 Å². The number of carbonyl (C=O) groups is 6. The Labute approximate surface area is 351 Å². The number of unbranched alkanes of at least 4 members (excludes halogenated alkanes) is 1. The summed E-state index contributed by atoms with van der Waals surface area (Å²) in [4.78, 5) is 88.7. The lowest BCUT2D eigenvalue weighted by Crippen LogP contribution is -2.63. The number of primary amides is 1. The number of para-hydroxylation sites is 1. The number of aliphatic imine (C=N–C) groups is 1. The smallest absolute Gasteiger partial charge is 0.246 e. The molecule has 1 aliphatic rings. The molecule has 0 saturated heterocycles. The molecule has 0 aliphatic heterocycles. The summed E-state index contributed by atoms with van der Waals surface area (Å²) in [7, 11) is 0. The molecule has 60 heavy (non-hydrogen) atoms. The van der Waals surface area contributed by atoms with Gasteiger partial charge in [-0.05, 0) is 61.1 Å². The first kappa shape index (κ1) is 46.5. The molecular weight excluding hydrogens is 765 g/mol. The summed E-state index contributed by atoms with van der Waals surface area (Å²) >= 11 is 0. The molecule has 12 N–H and O–H groups in total. The van der Waals surface area contributed by atoms with Gasteiger partial charge in [0, 0.05) is 42.9 Å². The Morgan fingerprint density at radius 3 is 2.15 bits per heavy atom. The summed E-state index contributed by atoms with van der Waals surface area (Å²) < 4.78 is 0. The molecule has 0 fully saturated rings. The van der Waals surface area contributed by atoms with Gasteiger partial charge in [0.05, 0.1) is 6.54 Å². The van der Waals surface area contributed by atoms with Gasteiger partial charge in [-0.25, -0.2) is 0 Å². The molecule has 16 nitrogen and oxygen atoms in total. The normalized spacial score (nSPS) is 16.6. The van der Waals surface area contributed by atoms with Gasteiger partial charge in [0.2, 0.25) is 35.4 Å². The minimum absolute atomic E-state index is 0.0408. The highest BCUT2D eigenvalue weighted by Crippen LogP contribution is 2.37. The van der Waals surface area contributed by atoms with Crippen LogP contribution in [-0.4, -0.2) is 83.1 Å². The largest absolute Gasteiger partial charge is 0.370 e. The number of aromatic amines is 1. The predicted octanol–water partition coefficient (Wildman–Crippen LogP) is 2.26. The standard InChI is InChI=1S/C44H62N10O6/c1-5-6-18-37(56)54-44(21-19-30(20-22-44)43(2,3)4)41(60)53-34(24-28-13-8-7-9-14-28)40(59)51-33(17-12-23-48-42(46)47)39(58)52-35(38(57)50-27-36(45)55)25-29-26-49-32-16-11-10-15-31(29)32/h7-11,13-16,19,26,33-35,49H,5-6,12,17-18,20-25,27H2,1-4H3,(H2,45,55)(H,50,57)(H,51,59)(H,52,58)(H,53,60)(H,54,56)(H4,46,47,48)/t33-,34+,35-,44+/m0/s1. The highest BCUT2D eigenvalue weighted by molar-refractivity contribution is 5.98. The van der Waals surface area contributed by atoms with Crippen molar-refractivity contribution < 1.29 is 28.8 Å². The maximum atomic E-state index is 14.5. The van der Waals surface area contributed by atoms with Gasteiger partial charge in [0.25, 0.3) is 0 Å². The Balaban J connectivity index is 1.65. The molecule has 0 unspecified atom stereocenters. The zero-order valence-electron chi connectivity index (χ0n) is 35.2. The highest BCUT2D eigenvalue weighted by atomic mass is 16.2. The first-order chi connectivity index (χ1) is 28.5. The number of guanidine groups is 1. The summed E-state index contributed by atoms with van der Waals surface area (Å²) in [6.45, 7) is 8.00. The number of amides is 6. The first-order valence-electron chi connectivity index (χ1n) is 20.6. The number of carbonyl (C=O) groups excluding carboxylic acids is 6. The third kappa shape index (κ3) is 13.7. The molecule has 1 aliphatic carbocycles. The lowest BCUT2D eigenvalue weighted by molar-refractivity contribution is -0.137. The van der Waals surface area contributed by atoms with Crippen LogP contribution < -0.4 is 43.8 Å². The molecule has 1 heterocycles. The molecule has 16 heteroatoms. The summed E-state index contributed by atoms with van der Waals surface area (Å²) in [6.07, 6.45) is 7.07. The molecular formula is C44H62N10O6. The number of fused-ring (bicyclic) bond motifs is 1. The third-order valence-electron chi connectivity index (χ3n) is 10.7. The van der Waals surface area contributed by atoms with Gasteiger partial charge in [-0.2, -0.15) is 0 Å². The first-order valence-corrected chi connectivity index (χ1v) is 20.6. The maximum absolute atomic E-state index is 14.5.